The Morgan fingerprint density at radius 2 is 2.29 bits per heavy atom. The summed E-state index contributed by atoms with van der Waals surface area (Å²) >= 11 is 0. The van der Waals surface area contributed by atoms with Gasteiger partial charge in [-0.05, 0) is 13.8 Å². The summed E-state index contributed by atoms with van der Waals surface area (Å²) in [4.78, 5) is 4.16. The summed E-state index contributed by atoms with van der Waals surface area (Å²) in [6, 6.07) is 3.76. The van der Waals surface area contributed by atoms with Gasteiger partial charge in [0.1, 0.15) is 24.0 Å². The number of hydrogen-bond acceptors (Lipinski definition) is 3. The summed E-state index contributed by atoms with van der Waals surface area (Å²) in [6.07, 6.45) is 5.07. The molecule has 0 N–H and O–H groups in total. The molecule has 0 saturated carbocycles. The smallest absolute Gasteiger partial charge is 0.148 e. The molecule has 0 radical (unpaired) electrons. The fourth-order valence-electron chi connectivity index (χ4n) is 1.16. The van der Waals surface area contributed by atoms with Crippen LogP contribution in [0.15, 0.2) is 6.07 Å². The first-order valence-corrected chi connectivity index (χ1v) is 4.13. The minimum atomic E-state index is 0.164. The largest absolute Gasteiger partial charge is 0.479 e. The van der Waals surface area contributed by atoms with Crippen molar-refractivity contribution in [3.8, 4) is 24.2 Å². The van der Waals surface area contributed by atoms with Crippen LogP contribution >= 0.6 is 0 Å². The lowest BCUT2D eigenvalue weighted by Gasteiger charge is -2.07. The zero-order valence-electron chi connectivity index (χ0n) is 8.16. The van der Waals surface area contributed by atoms with E-state index < -0.39 is 0 Å². The molecule has 0 atom stereocenters. The predicted molar refractivity (Wildman–Crippen MR) is 52.8 cm³/mol. The summed E-state index contributed by atoms with van der Waals surface area (Å²) in [5, 5.41) is 8.87. The van der Waals surface area contributed by atoms with Gasteiger partial charge in [-0.25, -0.2) is 0 Å². The molecule has 3 nitrogen and oxygen atoms in total. The van der Waals surface area contributed by atoms with E-state index in [0.29, 0.717) is 17.0 Å². The lowest BCUT2D eigenvalue weighted by Crippen LogP contribution is -2.00. The van der Waals surface area contributed by atoms with Gasteiger partial charge in [0.05, 0.1) is 5.69 Å². The van der Waals surface area contributed by atoms with Crippen LogP contribution in [0.5, 0.6) is 5.75 Å². The summed E-state index contributed by atoms with van der Waals surface area (Å²) in [5.74, 6) is 2.86. The Morgan fingerprint density at radius 3 is 2.86 bits per heavy atom. The van der Waals surface area contributed by atoms with E-state index in [1.54, 1.807) is 13.0 Å². The van der Waals surface area contributed by atoms with Gasteiger partial charge in [-0.1, -0.05) is 5.92 Å². The highest BCUT2D eigenvalue weighted by atomic mass is 16.5. The molecule has 0 aromatic carbocycles. The second kappa shape index (κ2) is 4.30. The highest BCUT2D eigenvalue weighted by Crippen LogP contribution is 2.20. The second-order valence-electron chi connectivity index (χ2n) is 2.83. The van der Waals surface area contributed by atoms with Crippen molar-refractivity contribution in [3.63, 3.8) is 0 Å². The Kier molecular flexibility index (Phi) is 3.09. The Labute approximate surface area is 83.3 Å². The normalized spacial score (nSPS) is 8.86. The number of ether oxygens (including phenoxy) is 1. The van der Waals surface area contributed by atoms with Gasteiger partial charge >= 0.3 is 0 Å². The Morgan fingerprint density at radius 1 is 1.57 bits per heavy atom. The van der Waals surface area contributed by atoms with Gasteiger partial charge in [0.2, 0.25) is 0 Å². The van der Waals surface area contributed by atoms with Crippen molar-refractivity contribution in [2.24, 2.45) is 0 Å². The number of pyridine rings is 1. The molecule has 0 bridgehead atoms. The molecular weight excluding hydrogens is 176 g/mol. The van der Waals surface area contributed by atoms with Crippen LogP contribution in [0.2, 0.25) is 0 Å². The zero-order chi connectivity index (χ0) is 10.6. The molecule has 0 aliphatic rings. The zero-order valence-corrected chi connectivity index (χ0v) is 8.16. The van der Waals surface area contributed by atoms with E-state index in [9.17, 15) is 0 Å². The molecular formula is C11H10N2O. The number of hydrogen-bond donors (Lipinski definition) is 0. The monoisotopic (exact) mass is 186 g/mol. The molecule has 0 fully saturated rings. The summed E-state index contributed by atoms with van der Waals surface area (Å²) < 4.78 is 5.24. The third kappa shape index (κ3) is 2.02. The van der Waals surface area contributed by atoms with Crippen molar-refractivity contribution < 1.29 is 4.74 Å². The van der Waals surface area contributed by atoms with Crippen LogP contribution in [-0.2, 0) is 0 Å². The van der Waals surface area contributed by atoms with Gasteiger partial charge in [0.15, 0.2) is 0 Å². The van der Waals surface area contributed by atoms with Crippen molar-refractivity contribution in [3.05, 3.63) is 23.0 Å². The first-order valence-electron chi connectivity index (χ1n) is 4.13. The third-order valence-electron chi connectivity index (χ3n) is 1.72. The first-order chi connectivity index (χ1) is 6.69. The van der Waals surface area contributed by atoms with Crippen LogP contribution in [0.25, 0.3) is 0 Å². The summed E-state index contributed by atoms with van der Waals surface area (Å²) in [6.45, 7) is 3.78. The molecule has 0 spiro atoms. The van der Waals surface area contributed by atoms with Crippen molar-refractivity contribution in [2.45, 2.75) is 13.8 Å². The maximum Gasteiger partial charge on any atom is 0.148 e. The average molecular weight is 186 g/mol. The number of terminal acetylenes is 1. The number of aromatic nitrogens is 1. The van der Waals surface area contributed by atoms with E-state index in [2.05, 4.69) is 10.9 Å². The van der Waals surface area contributed by atoms with Crippen molar-refractivity contribution in [2.75, 3.05) is 6.61 Å². The molecule has 0 saturated heterocycles. The Balaban J connectivity index is 3.14. The van der Waals surface area contributed by atoms with Gasteiger partial charge in [-0.2, -0.15) is 5.26 Å². The molecule has 70 valence electrons. The van der Waals surface area contributed by atoms with E-state index >= 15 is 0 Å². The Hall–Kier alpha value is -2.00. The molecule has 3 heteroatoms. The number of nitrogens with zero attached hydrogens (tertiary/aromatic N) is 2. The van der Waals surface area contributed by atoms with Crippen LogP contribution < -0.4 is 4.74 Å². The van der Waals surface area contributed by atoms with Crippen LogP contribution in [0.3, 0.4) is 0 Å². The van der Waals surface area contributed by atoms with Gasteiger partial charge in [-0.15, -0.1) is 6.42 Å². The first kappa shape index (κ1) is 10.1. The lowest BCUT2D eigenvalue weighted by molar-refractivity contribution is 0.368. The fraction of sp³-hybridized carbons (Fsp3) is 0.273. The number of aryl methyl sites for hydroxylation is 2. The topological polar surface area (TPSA) is 45.9 Å². The van der Waals surface area contributed by atoms with Crippen molar-refractivity contribution >= 4 is 0 Å². The molecule has 0 aliphatic heterocycles. The van der Waals surface area contributed by atoms with E-state index in [0.717, 1.165) is 5.69 Å². The quantitative estimate of drug-likeness (QED) is 0.659. The molecule has 1 heterocycles. The minimum absolute atomic E-state index is 0.164. The second-order valence-corrected chi connectivity index (χ2v) is 2.83. The molecule has 0 aliphatic carbocycles. The maximum absolute atomic E-state index is 8.87. The maximum atomic E-state index is 8.87. The highest BCUT2D eigenvalue weighted by Gasteiger charge is 2.08. The fourth-order valence-corrected chi connectivity index (χ4v) is 1.16. The van der Waals surface area contributed by atoms with Crippen LogP contribution in [0.1, 0.15) is 17.0 Å². The molecule has 14 heavy (non-hydrogen) atoms. The number of nitriles is 1. The molecule has 0 amide bonds. The van der Waals surface area contributed by atoms with Crippen LogP contribution in [-0.4, -0.2) is 11.6 Å². The molecule has 1 aromatic rings. The average Bonchev–Trinajstić information content (AvgIpc) is 2.14. The predicted octanol–water partition coefficient (Wildman–Crippen LogP) is 1.58. The molecule has 1 aromatic heterocycles. The third-order valence-corrected chi connectivity index (χ3v) is 1.72. The number of rotatable bonds is 2. The van der Waals surface area contributed by atoms with Crippen LogP contribution in [0.4, 0.5) is 0 Å². The lowest BCUT2D eigenvalue weighted by atomic mass is 10.2. The summed E-state index contributed by atoms with van der Waals surface area (Å²) in [5.41, 5.74) is 1.93. The van der Waals surface area contributed by atoms with E-state index in [4.69, 9.17) is 16.4 Å². The van der Waals surface area contributed by atoms with E-state index in [1.165, 1.54) is 0 Å². The van der Waals surface area contributed by atoms with Crippen molar-refractivity contribution in [1.82, 2.24) is 4.98 Å². The van der Waals surface area contributed by atoms with Gasteiger partial charge < -0.3 is 4.74 Å². The Bertz CT molecular complexity index is 424. The summed E-state index contributed by atoms with van der Waals surface area (Å²) in [7, 11) is 0. The van der Waals surface area contributed by atoms with Crippen molar-refractivity contribution in [1.29, 1.82) is 5.26 Å². The minimum Gasteiger partial charge on any atom is -0.479 e. The van der Waals surface area contributed by atoms with Gasteiger partial charge in [0.25, 0.3) is 0 Å². The van der Waals surface area contributed by atoms with Gasteiger partial charge in [-0.3, -0.25) is 4.98 Å². The van der Waals surface area contributed by atoms with E-state index in [-0.39, 0.29) is 6.61 Å². The van der Waals surface area contributed by atoms with Crippen LogP contribution in [0, 0.1) is 37.5 Å². The standard InChI is InChI=1S/C11H10N2O/c1-4-5-14-11-6-8(2)13-9(3)10(11)7-12/h1,6H,5H2,2-3H3. The van der Waals surface area contributed by atoms with E-state index in [1.807, 2.05) is 13.0 Å². The molecule has 1 rings (SSSR count). The van der Waals surface area contributed by atoms with Gasteiger partial charge in [0, 0.05) is 11.8 Å². The SMILES string of the molecule is C#CCOc1cc(C)nc(C)c1C#N. The molecule has 0 unspecified atom stereocenters. The highest BCUT2D eigenvalue weighted by molar-refractivity contribution is 5.46.